The summed E-state index contributed by atoms with van der Waals surface area (Å²) in [7, 11) is 0. The molecule has 0 saturated heterocycles. The fourth-order valence-corrected chi connectivity index (χ4v) is 1.74. The van der Waals surface area contributed by atoms with Crippen molar-refractivity contribution in [2.24, 2.45) is 5.41 Å². The van der Waals surface area contributed by atoms with Crippen molar-refractivity contribution in [3.63, 3.8) is 0 Å². The molecule has 0 aliphatic heterocycles. The Morgan fingerprint density at radius 1 is 1.33 bits per heavy atom. The minimum absolute atomic E-state index is 0.218. The fourth-order valence-electron chi connectivity index (χ4n) is 1.74. The predicted molar refractivity (Wildman–Crippen MR) is 74.9 cm³/mol. The van der Waals surface area contributed by atoms with Gasteiger partial charge in [0.2, 0.25) is 0 Å². The maximum atomic E-state index is 11.2. The van der Waals surface area contributed by atoms with Gasteiger partial charge in [-0.05, 0) is 36.4 Å². The minimum Gasteiger partial charge on any atom is -0.493 e. The second-order valence-corrected chi connectivity index (χ2v) is 5.35. The van der Waals surface area contributed by atoms with Crippen molar-refractivity contribution < 1.29 is 14.6 Å². The van der Waals surface area contributed by atoms with Gasteiger partial charge in [-0.25, -0.2) is 4.68 Å². The van der Waals surface area contributed by atoms with Crippen LogP contribution in [0.5, 0.6) is 5.75 Å². The Bertz CT molecular complexity index is 595. The van der Waals surface area contributed by atoms with E-state index in [1.165, 1.54) is 4.68 Å². The van der Waals surface area contributed by atoms with E-state index in [-0.39, 0.29) is 6.54 Å². The average Bonchev–Trinajstić information content (AvgIpc) is 2.86. The lowest BCUT2D eigenvalue weighted by Gasteiger charge is -2.19. The third kappa shape index (κ3) is 4.01. The molecule has 0 aliphatic carbocycles. The molecule has 0 unspecified atom stereocenters. The molecule has 0 amide bonds. The highest BCUT2D eigenvalue weighted by Gasteiger charge is 2.29. The molecule has 1 heterocycles. The van der Waals surface area contributed by atoms with Gasteiger partial charge in [0.15, 0.2) is 5.82 Å². The first-order chi connectivity index (χ1) is 9.99. The standard InChI is InChI=1S/C14H18N4O3/c1-14(2,13(19)20)10-18-12(15-16-17-18)8-9-21-11-6-4-3-5-7-11/h3-7H,8-10H2,1-2H3,(H,19,20). The summed E-state index contributed by atoms with van der Waals surface area (Å²) in [5.74, 6) is 0.507. The van der Waals surface area contributed by atoms with E-state index < -0.39 is 11.4 Å². The number of carbonyl (C=O) groups is 1. The van der Waals surface area contributed by atoms with E-state index in [1.807, 2.05) is 30.3 Å². The van der Waals surface area contributed by atoms with E-state index in [0.717, 1.165) is 5.75 Å². The molecule has 21 heavy (non-hydrogen) atoms. The molecule has 1 N–H and O–H groups in total. The maximum Gasteiger partial charge on any atom is 0.310 e. The molecule has 112 valence electrons. The number of tetrazole rings is 1. The van der Waals surface area contributed by atoms with Crippen LogP contribution in [0, 0.1) is 5.41 Å². The largest absolute Gasteiger partial charge is 0.493 e. The van der Waals surface area contributed by atoms with Crippen molar-refractivity contribution in [2.75, 3.05) is 6.61 Å². The second-order valence-electron chi connectivity index (χ2n) is 5.35. The minimum atomic E-state index is -0.926. The molecule has 7 heteroatoms. The molecule has 0 saturated carbocycles. The average molecular weight is 290 g/mol. The SMILES string of the molecule is CC(C)(Cn1nnnc1CCOc1ccccc1)C(=O)O. The highest BCUT2D eigenvalue weighted by Crippen LogP contribution is 2.18. The number of rotatable bonds is 7. The normalized spacial score (nSPS) is 11.3. The summed E-state index contributed by atoms with van der Waals surface area (Å²) in [4.78, 5) is 11.2. The third-order valence-electron chi connectivity index (χ3n) is 3.07. The number of nitrogens with zero attached hydrogens (tertiary/aromatic N) is 4. The highest BCUT2D eigenvalue weighted by atomic mass is 16.5. The summed E-state index contributed by atoms with van der Waals surface area (Å²) >= 11 is 0. The first-order valence-corrected chi connectivity index (χ1v) is 6.65. The zero-order valence-corrected chi connectivity index (χ0v) is 12.1. The van der Waals surface area contributed by atoms with Crippen LogP contribution in [0.25, 0.3) is 0 Å². The Morgan fingerprint density at radius 2 is 2.05 bits per heavy atom. The van der Waals surface area contributed by atoms with Gasteiger partial charge in [0.1, 0.15) is 5.75 Å². The van der Waals surface area contributed by atoms with E-state index in [2.05, 4.69) is 15.5 Å². The predicted octanol–water partition coefficient (Wildman–Crippen LogP) is 1.41. The Hall–Kier alpha value is -2.44. The lowest BCUT2D eigenvalue weighted by atomic mass is 9.94. The Balaban J connectivity index is 1.93. The molecular formula is C14H18N4O3. The van der Waals surface area contributed by atoms with E-state index in [0.29, 0.717) is 18.9 Å². The van der Waals surface area contributed by atoms with E-state index in [9.17, 15) is 4.79 Å². The van der Waals surface area contributed by atoms with Crippen LogP contribution in [0.3, 0.4) is 0 Å². The smallest absolute Gasteiger partial charge is 0.310 e. The monoisotopic (exact) mass is 290 g/mol. The van der Waals surface area contributed by atoms with Crippen molar-refractivity contribution in [1.29, 1.82) is 0 Å². The lowest BCUT2D eigenvalue weighted by Crippen LogP contribution is -2.30. The van der Waals surface area contributed by atoms with Crippen molar-refractivity contribution in [3.05, 3.63) is 36.2 Å². The highest BCUT2D eigenvalue weighted by molar-refractivity contribution is 5.73. The van der Waals surface area contributed by atoms with Crippen LogP contribution in [-0.2, 0) is 17.8 Å². The van der Waals surface area contributed by atoms with E-state index in [1.54, 1.807) is 13.8 Å². The number of ether oxygens (including phenoxy) is 1. The molecule has 2 rings (SSSR count). The Morgan fingerprint density at radius 3 is 2.71 bits per heavy atom. The van der Waals surface area contributed by atoms with Gasteiger partial charge in [-0.15, -0.1) is 5.10 Å². The van der Waals surface area contributed by atoms with Gasteiger partial charge in [-0.3, -0.25) is 4.79 Å². The molecule has 0 atom stereocenters. The molecule has 0 spiro atoms. The first-order valence-electron chi connectivity index (χ1n) is 6.65. The molecule has 0 fully saturated rings. The molecule has 1 aromatic heterocycles. The third-order valence-corrected chi connectivity index (χ3v) is 3.07. The number of hydrogen-bond acceptors (Lipinski definition) is 5. The Labute approximate surface area is 122 Å². The maximum absolute atomic E-state index is 11.2. The molecule has 0 aliphatic rings. The van der Waals surface area contributed by atoms with E-state index in [4.69, 9.17) is 9.84 Å². The van der Waals surface area contributed by atoms with Gasteiger partial charge in [-0.2, -0.15) is 0 Å². The number of carboxylic acids is 1. The van der Waals surface area contributed by atoms with Crippen molar-refractivity contribution in [3.8, 4) is 5.75 Å². The Kier molecular flexibility index (Phi) is 4.52. The quantitative estimate of drug-likeness (QED) is 0.829. The van der Waals surface area contributed by atoms with Crippen LogP contribution in [0.4, 0.5) is 0 Å². The van der Waals surface area contributed by atoms with Crippen LogP contribution in [-0.4, -0.2) is 37.9 Å². The van der Waals surface area contributed by atoms with Crippen LogP contribution < -0.4 is 4.74 Å². The molecule has 0 bridgehead atoms. The zero-order valence-electron chi connectivity index (χ0n) is 12.1. The summed E-state index contributed by atoms with van der Waals surface area (Å²) in [6, 6.07) is 9.46. The number of carboxylic acid groups (broad SMARTS) is 1. The second kappa shape index (κ2) is 6.34. The summed E-state index contributed by atoms with van der Waals surface area (Å²) in [6.45, 7) is 3.93. The summed E-state index contributed by atoms with van der Waals surface area (Å²) < 4.78 is 7.10. The van der Waals surface area contributed by atoms with Gasteiger partial charge >= 0.3 is 5.97 Å². The lowest BCUT2D eigenvalue weighted by molar-refractivity contribution is -0.147. The van der Waals surface area contributed by atoms with Gasteiger partial charge in [-0.1, -0.05) is 18.2 Å². The van der Waals surface area contributed by atoms with Gasteiger partial charge in [0.25, 0.3) is 0 Å². The van der Waals surface area contributed by atoms with Crippen molar-refractivity contribution in [1.82, 2.24) is 20.2 Å². The van der Waals surface area contributed by atoms with Crippen LogP contribution in [0.1, 0.15) is 19.7 Å². The van der Waals surface area contributed by atoms with Gasteiger partial charge in [0, 0.05) is 6.42 Å². The van der Waals surface area contributed by atoms with Crippen LogP contribution >= 0.6 is 0 Å². The van der Waals surface area contributed by atoms with Crippen LogP contribution in [0.15, 0.2) is 30.3 Å². The number of aromatic nitrogens is 4. The van der Waals surface area contributed by atoms with Crippen molar-refractivity contribution in [2.45, 2.75) is 26.8 Å². The number of hydrogen-bond donors (Lipinski definition) is 1. The summed E-state index contributed by atoms with van der Waals surface area (Å²) in [5.41, 5.74) is -0.926. The summed E-state index contributed by atoms with van der Waals surface area (Å²) in [6.07, 6.45) is 0.512. The number of para-hydroxylation sites is 1. The van der Waals surface area contributed by atoms with E-state index >= 15 is 0 Å². The van der Waals surface area contributed by atoms with Crippen LogP contribution in [0.2, 0.25) is 0 Å². The van der Waals surface area contributed by atoms with Crippen molar-refractivity contribution >= 4 is 5.97 Å². The zero-order chi connectivity index (χ0) is 15.3. The molecule has 1 aromatic carbocycles. The van der Waals surface area contributed by atoms with Gasteiger partial charge in [0.05, 0.1) is 18.6 Å². The summed E-state index contributed by atoms with van der Waals surface area (Å²) in [5, 5.41) is 20.5. The topological polar surface area (TPSA) is 90.1 Å². The fraction of sp³-hybridized carbons (Fsp3) is 0.429. The molecule has 7 nitrogen and oxygen atoms in total. The van der Waals surface area contributed by atoms with Gasteiger partial charge < -0.3 is 9.84 Å². The molecule has 0 radical (unpaired) electrons. The first kappa shape index (κ1) is 15.0. The molecular weight excluding hydrogens is 272 g/mol. The molecule has 2 aromatic rings. The number of benzene rings is 1. The number of aliphatic carboxylic acids is 1.